The van der Waals surface area contributed by atoms with Crippen molar-refractivity contribution in [3.05, 3.63) is 64.7 Å². The van der Waals surface area contributed by atoms with Crippen LogP contribution in [0.15, 0.2) is 48.5 Å². The van der Waals surface area contributed by atoms with Crippen LogP contribution in [0, 0.1) is 11.3 Å². The van der Waals surface area contributed by atoms with Crippen LogP contribution in [0.25, 0.3) is 0 Å². The molecular formula is C20H20ClN3O. The summed E-state index contributed by atoms with van der Waals surface area (Å²) < 4.78 is 0. The number of anilines is 1. The number of amides is 1. The number of para-hydroxylation sites is 1. The molecule has 1 aliphatic rings. The van der Waals surface area contributed by atoms with E-state index in [2.05, 4.69) is 11.0 Å². The fourth-order valence-corrected chi connectivity index (χ4v) is 3.32. The number of carbonyl (C=O) groups excluding carboxylic acids is 1. The molecule has 0 aliphatic carbocycles. The lowest BCUT2D eigenvalue weighted by molar-refractivity contribution is -0.131. The van der Waals surface area contributed by atoms with Crippen LogP contribution in [-0.2, 0) is 11.2 Å². The van der Waals surface area contributed by atoms with Gasteiger partial charge in [-0.2, -0.15) is 5.26 Å². The molecule has 0 N–H and O–H groups in total. The summed E-state index contributed by atoms with van der Waals surface area (Å²) in [5.41, 5.74) is 2.77. The van der Waals surface area contributed by atoms with Gasteiger partial charge in [-0.1, -0.05) is 35.9 Å². The lowest BCUT2D eigenvalue weighted by Crippen LogP contribution is -2.48. The van der Waals surface area contributed by atoms with Gasteiger partial charge in [0.1, 0.15) is 0 Å². The Kier molecular flexibility index (Phi) is 5.57. The first-order valence-electron chi connectivity index (χ1n) is 8.43. The molecule has 2 aromatic rings. The summed E-state index contributed by atoms with van der Waals surface area (Å²) in [6, 6.07) is 17.3. The average molecular weight is 354 g/mol. The number of carbonyl (C=O) groups is 1. The molecule has 0 unspecified atom stereocenters. The highest BCUT2D eigenvalue weighted by molar-refractivity contribution is 6.33. The number of hydrogen-bond acceptors (Lipinski definition) is 3. The minimum Gasteiger partial charge on any atom is -0.367 e. The van der Waals surface area contributed by atoms with Crippen LogP contribution in [0.5, 0.6) is 0 Å². The molecule has 1 aliphatic heterocycles. The van der Waals surface area contributed by atoms with Gasteiger partial charge in [0.25, 0.3) is 0 Å². The van der Waals surface area contributed by atoms with E-state index in [0.29, 0.717) is 18.4 Å². The molecule has 4 nitrogen and oxygen atoms in total. The third-order valence-corrected chi connectivity index (χ3v) is 4.86. The number of piperazine rings is 1. The zero-order chi connectivity index (χ0) is 17.6. The predicted octanol–water partition coefficient (Wildman–Crippen LogP) is 3.49. The first kappa shape index (κ1) is 17.3. The van der Waals surface area contributed by atoms with Gasteiger partial charge in [-0.05, 0) is 36.2 Å². The molecule has 0 radical (unpaired) electrons. The summed E-state index contributed by atoms with van der Waals surface area (Å²) in [6.07, 6.45) is 1.20. The smallest absolute Gasteiger partial charge is 0.223 e. The molecule has 0 aromatic heterocycles. The minimum absolute atomic E-state index is 0.183. The number of aryl methyl sites for hydroxylation is 1. The molecule has 5 heteroatoms. The molecular weight excluding hydrogens is 334 g/mol. The van der Waals surface area contributed by atoms with Gasteiger partial charge in [-0.3, -0.25) is 4.79 Å². The Morgan fingerprint density at radius 3 is 2.36 bits per heavy atom. The molecule has 0 saturated carbocycles. The first-order valence-corrected chi connectivity index (χ1v) is 8.81. The number of hydrogen-bond donors (Lipinski definition) is 0. The van der Waals surface area contributed by atoms with E-state index in [4.69, 9.17) is 16.9 Å². The van der Waals surface area contributed by atoms with Crippen LogP contribution >= 0.6 is 11.6 Å². The van der Waals surface area contributed by atoms with E-state index >= 15 is 0 Å². The highest BCUT2D eigenvalue weighted by Gasteiger charge is 2.21. The summed E-state index contributed by atoms with van der Waals surface area (Å²) in [4.78, 5) is 16.6. The fourth-order valence-electron chi connectivity index (χ4n) is 3.06. The standard InChI is InChI=1S/C20H20ClN3O/c21-18-3-1-2-4-19(18)23-11-13-24(14-12-23)20(25)10-9-16-5-7-17(15-22)8-6-16/h1-8H,9-14H2. The van der Waals surface area contributed by atoms with Gasteiger partial charge in [-0.25, -0.2) is 0 Å². The van der Waals surface area contributed by atoms with Gasteiger partial charge < -0.3 is 9.80 Å². The Morgan fingerprint density at radius 2 is 1.72 bits per heavy atom. The molecule has 2 aromatic carbocycles. The maximum atomic E-state index is 12.4. The normalized spacial score (nSPS) is 14.2. The maximum Gasteiger partial charge on any atom is 0.223 e. The van der Waals surface area contributed by atoms with Crippen molar-refractivity contribution < 1.29 is 4.79 Å². The van der Waals surface area contributed by atoms with Gasteiger partial charge in [-0.15, -0.1) is 0 Å². The van der Waals surface area contributed by atoms with Gasteiger partial charge in [0, 0.05) is 32.6 Å². The Hall–Kier alpha value is -2.51. The molecule has 1 fully saturated rings. The highest BCUT2D eigenvalue weighted by atomic mass is 35.5. The second kappa shape index (κ2) is 8.04. The predicted molar refractivity (Wildman–Crippen MR) is 99.7 cm³/mol. The van der Waals surface area contributed by atoms with E-state index in [-0.39, 0.29) is 5.91 Å². The maximum absolute atomic E-state index is 12.4. The summed E-state index contributed by atoms with van der Waals surface area (Å²) in [5.74, 6) is 0.183. The van der Waals surface area contributed by atoms with Crippen LogP contribution in [0.1, 0.15) is 17.5 Å². The highest BCUT2D eigenvalue weighted by Crippen LogP contribution is 2.26. The van der Waals surface area contributed by atoms with E-state index in [1.165, 1.54) is 0 Å². The number of halogens is 1. The summed E-state index contributed by atoms with van der Waals surface area (Å²) >= 11 is 6.25. The Labute approximate surface area is 153 Å². The molecule has 0 bridgehead atoms. The Morgan fingerprint density at radius 1 is 1.04 bits per heavy atom. The molecule has 0 spiro atoms. The Balaban J connectivity index is 1.50. The molecule has 1 heterocycles. The van der Waals surface area contributed by atoms with Gasteiger partial charge in [0.15, 0.2) is 0 Å². The van der Waals surface area contributed by atoms with Gasteiger partial charge in [0.05, 0.1) is 22.3 Å². The van der Waals surface area contributed by atoms with Crippen molar-refractivity contribution in [1.82, 2.24) is 4.90 Å². The van der Waals surface area contributed by atoms with Gasteiger partial charge >= 0.3 is 0 Å². The lowest BCUT2D eigenvalue weighted by Gasteiger charge is -2.36. The third kappa shape index (κ3) is 4.32. The minimum atomic E-state index is 0.183. The van der Waals surface area contributed by atoms with Crippen LogP contribution in [-0.4, -0.2) is 37.0 Å². The van der Waals surface area contributed by atoms with E-state index in [9.17, 15) is 4.79 Å². The zero-order valence-corrected chi connectivity index (χ0v) is 14.7. The van der Waals surface area contributed by atoms with Crippen molar-refractivity contribution >= 4 is 23.2 Å². The zero-order valence-electron chi connectivity index (χ0n) is 14.0. The van der Waals surface area contributed by atoms with Crippen molar-refractivity contribution in [2.75, 3.05) is 31.1 Å². The SMILES string of the molecule is N#Cc1ccc(CCC(=O)N2CCN(c3ccccc3Cl)CC2)cc1. The first-order chi connectivity index (χ1) is 12.2. The van der Waals surface area contributed by atoms with Crippen molar-refractivity contribution in [1.29, 1.82) is 5.26 Å². The summed E-state index contributed by atoms with van der Waals surface area (Å²) in [6.45, 7) is 3.04. The summed E-state index contributed by atoms with van der Waals surface area (Å²) in [5, 5.41) is 9.57. The van der Waals surface area contributed by atoms with E-state index in [0.717, 1.165) is 42.5 Å². The second-order valence-electron chi connectivity index (χ2n) is 6.13. The van der Waals surface area contributed by atoms with Crippen molar-refractivity contribution in [2.24, 2.45) is 0 Å². The second-order valence-corrected chi connectivity index (χ2v) is 6.54. The number of rotatable bonds is 4. The monoisotopic (exact) mass is 353 g/mol. The van der Waals surface area contributed by atoms with Crippen molar-refractivity contribution in [3.63, 3.8) is 0 Å². The molecule has 128 valence electrons. The third-order valence-electron chi connectivity index (χ3n) is 4.54. The van der Waals surface area contributed by atoms with Crippen LogP contribution in [0.3, 0.4) is 0 Å². The largest absolute Gasteiger partial charge is 0.367 e. The van der Waals surface area contributed by atoms with E-state index in [1.54, 1.807) is 12.1 Å². The lowest BCUT2D eigenvalue weighted by atomic mass is 10.1. The molecule has 1 amide bonds. The average Bonchev–Trinajstić information content (AvgIpc) is 2.67. The topological polar surface area (TPSA) is 47.3 Å². The van der Waals surface area contributed by atoms with Crippen molar-refractivity contribution in [2.45, 2.75) is 12.8 Å². The summed E-state index contributed by atoms with van der Waals surface area (Å²) in [7, 11) is 0. The fraction of sp³-hybridized carbons (Fsp3) is 0.300. The van der Waals surface area contributed by atoms with Crippen LogP contribution in [0.4, 0.5) is 5.69 Å². The van der Waals surface area contributed by atoms with Crippen LogP contribution in [0.2, 0.25) is 5.02 Å². The van der Waals surface area contributed by atoms with E-state index < -0.39 is 0 Å². The molecule has 3 rings (SSSR count). The molecule has 0 atom stereocenters. The number of nitrogens with zero attached hydrogens (tertiary/aromatic N) is 3. The van der Waals surface area contributed by atoms with Crippen LogP contribution < -0.4 is 4.90 Å². The van der Waals surface area contributed by atoms with E-state index in [1.807, 2.05) is 41.3 Å². The molecule has 25 heavy (non-hydrogen) atoms. The van der Waals surface area contributed by atoms with Gasteiger partial charge in [0.2, 0.25) is 5.91 Å². The molecule has 1 saturated heterocycles. The van der Waals surface area contributed by atoms with Crippen molar-refractivity contribution in [3.8, 4) is 6.07 Å². The Bertz CT molecular complexity index is 774. The quantitative estimate of drug-likeness (QED) is 0.845. The number of benzene rings is 2. The number of nitriles is 1.